The second-order valence-electron chi connectivity index (χ2n) is 3.26. The van der Waals surface area contributed by atoms with Gasteiger partial charge in [-0.1, -0.05) is 0 Å². The van der Waals surface area contributed by atoms with Gasteiger partial charge in [-0.2, -0.15) is 0 Å². The number of carbonyl (C=O) groups excluding carboxylic acids is 1. The van der Waals surface area contributed by atoms with Crippen LogP contribution >= 0.6 is 0 Å². The highest BCUT2D eigenvalue weighted by Crippen LogP contribution is 2.09. The van der Waals surface area contributed by atoms with E-state index >= 15 is 0 Å². The van der Waals surface area contributed by atoms with Crippen molar-refractivity contribution in [1.29, 1.82) is 0 Å². The van der Waals surface area contributed by atoms with Gasteiger partial charge in [-0.15, -0.1) is 0 Å². The summed E-state index contributed by atoms with van der Waals surface area (Å²) in [4.78, 5) is 10.5. The van der Waals surface area contributed by atoms with E-state index in [-0.39, 0.29) is 0 Å². The third-order valence-electron chi connectivity index (χ3n) is 1.95. The molecule has 0 heterocycles. The summed E-state index contributed by atoms with van der Waals surface area (Å²) in [5.74, 6) is -1.25. The Morgan fingerprint density at radius 1 is 0.941 bits per heavy atom. The predicted octanol–water partition coefficient (Wildman–Crippen LogP) is -4.72. The summed E-state index contributed by atoms with van der Waals surface area (Å²) in [6.45, 7) is -1.92. The lowest BCUT2D eigenvalue weighted by molar-refractivity contribution is -0.215. The van der Waals surface area contributed by atoms with Crippen LogP contribution in [0.25, 0.3) is 0 Å². The van der Waals surface area contributed by atoms with E-state index in [1.165, 1.54) is 0 Å². The third-order valence-corrected chi connectivity index (χ3v) is 1.95. The highest BCUT2D eigenvalue weighted by atomic mass is 16.7. The topological polar surface area (TPSA) is 168 Å². The molecule has 0 aliphatic rings. The SMILES string of the molecule is O=C(CO)OC(O)[C@H](O)[C@@H](O)[C@H](O)[C@H](O)CO. The Kier molecular flexibility index (Phi) is 7.15. The summed E-state index contributed by atoms with van der Waals surface area (Å²) in [5, 5.41) is 62.5. The summed E-state index contributed by atoms with van der Waals surface area (Å²) in [6.07, 6.45) is -10.0. The molecule has 0 aromatic rings. The van der Waals surface area contributed by atoms with Crippen LogP contribution in [0.5, 0.6) is 0 Å². The zero-order valence-corrected chi connectivity index (χ0v) is 8.75. The fraction of sp³-hybridized carbons (Fsp3) is 0.875. The number of aliphatic hydroxyl groups is 7. The van der Waals surface area contributed by atoms with Crippen LogP contribution in [0.4, 0.5) is 0 Å². The zero-order chi connectivity index (χ0) is 13.6. The highest BCUT2D eigenvalue weighted by molar-refractivity contribution is 5.70. The summed E-state index contributed by atoms with van der Waals surface area (Å²) < 4.78 is 4.05. The molecule has 0 aromatic heterocycles. The van der Waals surface area contributed by atoms with Crippen LogP contribution in [-0.4, -0.2) is 85.6 Å². The standard InChI is InChI=1S/C8H16O9/c9-1-3(11)5(13)6(14)7(15)8(16)17-4(12)2-10/h3,5-11,13-16H,1-2H2/t3-,5-,6+,7-,8?/m1/s1. The Balaban J connectivity index is 4.37. The largest absolute Gasteiger partial charge is 0.431 e. The molecule has 0 aliphatic carbocycles. The first kappa shape index (κ1) is 16.2. The van der Waals surface area contributed by atoms with E-state index in [0.717, 1.165) is 0 Å². The minimum atomic E-state index is -2.19. The van der Waals surface area contributed by atoms with Crippen molar-refractivity contribution in [3.63, 3.8) is 0 Å². The van der Waals surface area contributed by atoms with E-state index in [9.17, 15) is 20.1 Å². The quantitative estimate of drug-likeness (QED) is 0.175. The number of esters is 1. The van der Waals surface area contributed by atoms with Crippen LogP contribution < -0.4 is 0 Å². The Labute approximate surface area is 96.1 Å². The molecule has 17 heavy (non-hydrogen) atoms. The number of hydrogen-bond acceptors (Lipinski definition) is 9. The van der Waals surface area contributed by atoms with Gasteiger partial charge in [0, 0.05) is 0 Å². The molecule has 0 saturated heterocycles. The molecular formula is C8H16O9. The van der Waals surface area contributed by atoms with Crippen molar-refractivity contribution in [3.8, 4) is 0 Å². The number of carbonyl (C=O) groups is 1. The molecule has 5 atom stereocenters. The second kappa shape index (κ2) is 7.50. The molecule has 9 nitrogen and oxygen atoms in total. The Bertz CT molecular complexity index is 233. The molecule has 0 rings (SSSR count). The molecule has 0 fully saturated rings. The van der Waals surface area contributed by atoms with E-state index in [1.807, 2.05) is 0 Å². The van der Waals surface area contributed by atoms with Gasteiger partial charge in [-0.05, 0) is 0 Å². The summed E-state index contributed by atoms with van der Waals surface area (Å²) in [5.41, 5.74) is 0. The molecule has 9 heteroatoms. The second-order valence-corrected chi connectivity index (χ2v) is 3.26. The minimum absolute atomic E-state index is 0.878. The van der Waals surface area contributed by atoms with Gasteiger partial charge in [0.15, 0.2) is 0 Å². The van der Waals surface area contributed by atoms with Crippen LogP contribution in [0, 0.1) is 0 Å². The molecule has 0 bridgehead atoms. The van der Waals surface area contributed by atoms with Gasteiger partial charge in [0.1, 0.15) is 31.0 Å². The van der Waals surface area contributed by atoms with Crippen molar-refractivity contribution in [2.75, 3.05) is 13.2 Å². The molecule has 0 spiro atoms. The Morgan fingerprint density at radius 2 is 1.47 bits per heavy atom. The molecule has 1 unspecified atom stereocenters. The normalized spacial score (nSPS) is 20.2. The minimum Gasteiger partial charge on any atom is -0.431 e. The number of ether oxygens (including phenoxy) is 1. The first-order valence-electron chi connectivity index (χ1n) is 4.66. The number of hydrogen-bond donors (Lipinski definition) is 7. The average Bonchev–Trinajstić information content (AvgIpc) is 2.34. The van der Waals surface area contributed by atoms with Crippen molar-refractivity contribution >= 4 is 5.97 Å². The Morgan fingerprint density at radius 3 is 1.88 bits per heavy atom. The van der Waals surface area contributed by atoms with Gasteiger partial charge in [-0.25, -0.2) is 4.79 Å². The molecule has 0 radical (unpaired) electrons. The maximum atomic E-state index is 10.5. The summed E-state index contributed by atoms with van der Waals surface area (Å²) in [7, 11) is 0. The van der Waals surface area contributed by atoms with Gasteiger partial charge >= 0.3 is 5.97 Å². The van der Waals surface area contributed by atoms with Gasteiger partial charge in [0.25, 0.3) is 0 Å². The first-order valence-corrected chi connectivity index (χ1v) is 4.66. The Hall–Kier alpha value is -0.810. The number of rotatable bonds is 7. The van der Waals surface area contributed by atoms with Crippen LogP contribution in [0.15, 0.2) is 0 Å². The van der Waals surface area contributed by atoms with Gasteiger partial charge in [0.2, 0.25) is 6.29 Å². The zero-order valence-electron chi connectivity index (χ0n) is 8.75. The number of aliphatic hydroxyl groups excluding tert-OH is 7. The third kappa shape index (κ3) is 4.91. The van der Waals surface area contributed by atoms with Crippen LogP contribution in [-0.2, 0) is 9.53 Å². The van der Waals surface area contributed by atoms with Crippen molar-refractivity contribution in [3.05, 3.63) is 0 Å². The maximum Gasteiger partial charge on any atom is 0.334 e. The van der Waals surface area contributed by atoms with Gasteiger partial charge in [-0.3, -0.25) is 0 Å². The first-order chi connectivity index (χ1) is 7.84. The van der Waals surface area contributed by atoms with Crippen LogP contribution in [0.1, 0.15) is 0 Å². The van der Waals surface area contributed by atoms with E-state index in [4.69, 9.17) is 20.4 Å². The van der Waals surface area contributed by atoms with E-state index in [1.54, 1.807) is 0 Å². The van der Waals surface area contributed by atoms with E-state index in [2.05, 4.69) is 4.74 Å². The summed E-state index contributed by atoms with van der Waals surface area (Å²) >= 11 is 0. The molecule has 0 amide bonds. The average molecular weight is 256 g/mol. The fourth-order valence-electron chi connectivity index (χ4n) is 0.948. The lowest BCUT2D eigenvalue weighted by Gasteiger charge is -2.27. The molecular weight excluding hydrogens is 240 g/mol. The van der Waals surface area contributed by atoms with E-state index < -0.39 is 49.9 Å². The monoisotopic (exact) mass is 256 g/mol. The fourth-order valence-corrected chi connectivity index (χ4v) is 0.948. The van der Waals surface area contributed by atoms with Crippen molar-refractivity contribution in [2.24, 2.45) is 0 Å². The van der Waals surface area contributed by atoms with Gasteiger partial charge in [0.05, 0.1) is 6.61 Å². The summed E-state index contributed by atoms with van der Waals surface area (Å²) in [6, 6.07) is 0. The van der Waals surface area contributed by atoms with Crippen LogP contribution in [0.3, 0.4) is 0 Å². The lowest BCUT2D eigenvalue weighted by Crippen LogP contribution is -2.51. The molecule has 0 aromatic carbocycles. The van der Waals surface area contributed by atoms with Crippen LogP contribution in [0.2, 0.25) is 0 Å². The molecule has 0 saturated carbocycles. The van der Waals surface area contributed by atoms with Crippen molar-refractivity contribution < 1.29 is 45.3 Å². The molecule has 0 aliphatic heterocycles. The maximum absolute atomic E-state index is 10.5. The molecule has 7 N–H and O–H groups in total. The lowest BCUT2D eigenvalue weighted by atomic mass is 10.0. The van der Waals surface area contributed by atoms with E-state index in [0.29, 0.717) is 0 Å². The van der Waals surface area contributed by atoms with Crippen molar-refractivity contribution in [2.45, 2.75) is 30.7 Å². The molecule has 102 valence electrons. The van der Waals surface area contributed by atoms with Crippen molar-refractivity contribution in [1.82, 2.24) is 0 Å². The highest BCUT2D eigenvalue weighted by Gasteiger charge is 2.35. The van der Waals surface area contributed by atoms with Gasteiger partial charge < -0.3 is 40.5 Å². The predicted molar refractivity (Wildman–Crippen MR) is 50.3 cm³/mol. The smallest absolute Gasteiger partial charge is 0.334 e.